The van der Waals surface area contributed by atoms with Crippen molar-refractivity contribution >= 4 is 0 Å². The van der Waals surface area contributed by atoms with Gasteiger partial charge in [0, 0.05) is 0 Å². The highest BCUT2D eigenvalue weighted by molar-refractivity contribution is 5.34. The highest BCUT2D eigenvalue weighted by Gasteiger charge is 2.17. The third-order valence-electron chi connectivity index (χ3n) is 2.31. The molecule has 0 fully saturated rings. The van der Waals surface area contributed by atoms with E-state index in [1.807, 2.05) is 0 Å². The van der Waals surface area contributed by atoms with Gasteiger partial charge in [0.2, 0.25) is 0 Å². The molecule has 0 unspecified atom stereocenters. The molecule has 1 rings (SSSR count). The van der Waals surface area contributed by atoms with Crippen molar-refractivity contribution in [3.63, 3.8) is 0 Å². The van der Waals surface area contributed by atoms with E-state index in [2.05, 4.69) is 13.8 Å². The van der Waals surface area contributed by atoms with Crippen LogP contribution in [-0.4, -0.2) is 0 Å². The van der Waals surface area contributed by atoms with Crippen LogP contribution < -0.4 is 0 Å². The Balaban J connectivity index is 2.00. The van der Waals surface area contributed by atoms with Crippen LogP contribution in [0.25, 0.3) is 0 Å². The third-order valence-corrected chi connectivity index (χ3v) is 2.31. The zero-order chi connectivity index (χ0) is 7.40. The molecule has 0 spiro atoms. The number of hydrogen-bond donors (Lipinski definition) is 0. The molecular weight excluding hydrogens is 120 g/mol. The first kappa shape index (κ1) is 7.84. The summed E-state index contributed by atoms with van der Waals surface area (Å²) in [6, 6.07) is 0. The van der Waals surface area contributed by atoms with E-state index >= 15 is 0 Å². The summed E-state index contributed by atoms with van der Waals surface area (Å²) >= 11 is 0. The van der Waals surface area contributed by atoms with Crippen LogP contribution in [-0.2, 0) is 0 Å². The zero-order valence-corrected chi connectivity index (χ0v) is 7.24. The number of rotatable bonds is 5. The fraction of sp³-hybridized carbons (Fsp3) is 0.800. The zero-order valence-electron chi connectivity index (χ0n) is 7.24. The van der Waals surface area contributed by atoms with Crippen molar-refractivity contribution in [2.75, 3.05) is 0 Å². The average molecular weight is 138 g/mol. The summed E-state index contributed by atoms with van der Waals surface area (Å²) in [6.07, 6.45) is 8.28. The van der Waals surface area contributed by atoms with Crippen molar-refractivity contribution in [1.29, 1.82) is 0 Å². The molecule has 0 N–H and O–H groups in total. The van der Waals surface area contributed by atoms with Gasteiger partial charge in [0.15, 0.2) is 0 Å². The predicted molar refractivity (Wildman–Crippen MR) is 46.1 cm³/mol. The Morgan fingerprint density at radius 2 is 1.90 bits per heavy atom. The van der Waals surface area contributed by atoms with E-state index in [0.29, 0.717) is 0 Å². The van der Waals surface area contributed by atoms with Crippen molar-refractivity contribution in [2.24, 2.45) is 0 Å². The Morgan fingerprint density at radius 3 is 2.40 bits per heavy atom. The minimum Gasteiger partial charge on any atom is -0.0669 e. The van der Waals surface area contributed by atoms with Gasteiger partial charge in [-0.1, -0.05) is 37.8 Å². The van der Waals surface area contributed by atoms with E-state index in [-0.39, 0.29) is 0 Å². The molecule has 0 bridgehead atoms. The quantitative estimate of drug-likeness (QED) is 0.401. The van der Waals surface area contributed by atoms with Gasteiger partial charge in [-0.15, -0.1) is 0 Å². The molecule has 0 radical (unpaired) electrons. The largest absolute Gasteiger partial charge is 0.0669 e. The average Bonchev–Trinajstić information content (AvgIpc) is 2.68. The normalized spacial score (nSPS) is 16.2. The Morgan fingerprint density at radius 1 is 1.10 bits per heavy atom. The predicted octanol–water partition coefficient (Wildman–Crippen LogP) is 3.68. The van der Waals surface area contributed by atoms with Crippen LogP contribution in [0.4, 0.5) is 0 Å². The summed E-state index contributed by atoms with van der Waals surface area (Å²) in [5.74, 6) is 0. The Kier molecular flexibility index (Phi) is 2.98. The number of allylic oxidation sites excluding steroid dienone is 2. The molecule has 58 valence electrons. The van der Waals surface area contributed by atoms with Gasteiger partial charge in [0.05, 0.1) is 0 Å². The number of hydrogen-bond acceptors (Lipinski definition) is 0. The second kappa shape index (κ2) is 3.80. The van der Waals surface area contributed by atoms with Crippen molar-refractivity contribution in [1.82, 2.24) is 0 Å². The van der Waals surface area contributed by atoms with Crippen LogP contribution in [0.1, 0.15) is 52.4 Å². The monoisotopic (exact) mass is 138 g/mol. The highest BCUT2D eigenvalue weighted by atomic mass is 14.2. The van der Waals surface area contributed by atoms with E-state index in [9.17, 15) is 0 Å². The fourth-order valence-corrected chi connectivity index (χ4v) is 1.44. The highest BCUT2D eigenvalue weighted by Crippen LogP contribution is 2.36. The molecule has 0 aliphatic heterocycles. The molecule has 0 nitrogen and oxygen atoms in total. The van der Waals surface area contributed by atoms with Crippen molar-refractivity contribution in [3.8, 4) is 0 Å². The van der Waals surface area contributed by atoms with Gasteiger partial charge in [0.1, 0.15) is 0 Å². The second-order valence-electron chi connectivity index (χ2n) is 3.19. The lowest BCUT2D eigenvalue weighted by atomic mass is 10.2. The van der Waals surface area contributed by atoms with Crippen LogP contribution in [0.5, 0.6) is 0 Å². The summed E-state index contributed by atoms with van der Waals surface area (Å²) in [6.45, 7) is 4.53. The molecule has 1 aliphatic rings. The topological polar surface area (TPSA) is 0 Å². The minimum absolute atomic E-state index is 1.31. The van der Waals surface area contributed by atoms with E-state index in [1.54, 1.807) is 11.1 Å². The molecule has 0 aromatic rings. The van der Waals surface area contributed by atoms with Gasteiger partial charge in [-0.05, 0) is 25.7 Å². The van der Waals surface area contributed by atoms with E-state index in [0.717, 1.165) is 0 Å². The molecule has 0 saturated heterocycles. The van der Waals surface area contributed by atoms with Gasteiger partial charge in [-0.25, -0.2) is 0 Å². The lowest BCUT2D eigenvalue weighted by molar-refractivity contribution is 0.720. The lowest BCUT2D eigenvalue weighted by Crippen LogP contribution is -1.71. The Labute approximate surface area is 64.3 Å². The van der Waals surface area contributed by atoms with Crippen molar-refractivity contribution in [2.45, 2.75) is 52.4 Å². The first-order chi connectivity index (χ1) is 4.88. The van der Waals surface area contributed by atoms with E-state index in [1.165, 1.54) is 38.5 Å². The van der Waals surface area contributed by atoms with Crippen LogP contribution in [0, 0.1) is 0 Å². The van der Waals surface area contributed by atoms with E-state index < -0.39 is 0 Å². The summed E-state index contributed by atoms with van der Waals surface area (Å²) in [7, 11) is 0. The molecule has 0 amide bonds. The maximum Gasteiger partial charge on any atom is -0.0103 e. The molecular formula is C10H18. The standard InChI is InChI=1S/C10H18/c1-3-5-6-7-10-8-9(10)4-2/h3-8H2,1-2H3. The molecule has 10 heavy (non-hydrogen) atoms. The molecule has 0 saturated carbocycles. The maximum absolute atomic E-state index is 2.27. The van der Waals surface area contributed by atoms with Gasteiger partial charge >= 0.3 is 0 Å². The Hall–Kier alpha value is -0.260. The molecule has 0 aromatic carbocycles. The summed E-state index contributed by atoms with van der Waals surface area (Å²) in [5.41, 5.74) is 3.52. The number of unbranched alkanes of at least 4 members (excludes halogenated alkanes) is 2. The minimum atomic E-state index is 1.31. The molecule has 0 aromatic heterocycles. The van der Waals surface area contributed by atoms with Crippen LogP contribution >= 0.6 is 0 Å². The second-order valence-corrected chi connectivity index (χ2v) is 3.19. The Bertz CT molecular complexity index is 131. The molecule has 1 aliphatic carbocycles. The van der Waals surface area contributed by atoms with E-state index in [4.69, 9.17) is 0 Å². The SMILES string of the molecule is CCCCCC1=C(CC)C1. The van der Waals surface area contributed by atoms with Gasteiger partial charge in [-0.3, -0.25) is 0 Å². The first-order valence-electron chi connectivity index (χ1n) is 4.58. The third kappa shape index (κ3) is 2.17. The van der Waals surface area contributed by atoms with Crippen LogP contribution in [0.3, 0.4) is 0 Å². The first-order valence-corrected chi connectivity index (χ1v) is 4.58. The van der Waals surface area contributed by atoms with Crippen LogP contribution in [0.15, 0.2) is 11.1 Å². The molecule has 0 atom stereocenters. The maximum atomic E-state index is 2.27. The summed E-state index contributed by atoms with van der Waals surface area (Å²) in [5, 5.41) is 0. The summed E-state index contributed by atoms with van der Waals surface area (Å²) < 4.78 is 0. The fourth-order valence-electron chi connectivity index (χ4n) is 1.44. The lowest BCUT2D eigenvalue weighted by Gasteiger charge is -1.90. The molecule has 0 heterocycles. The smallest absolute Gasteiger partial charge is 0.0103 e. The van der Waals surface area contributed by atoms with Crippen LogP contribution in [0.2, 0.25) is 0 Å². The van der Waals surface area contributed by atoms with Gasteiger partial charge in [-0.2, -0.15) is 0 Å². The molecule has 0 heteroatoms. The summed E-state index contributed by atoms with van der Waals surface area (Å²) in [4.78, 5) is 0. The van der Waals surface area contributed by atoms with Crippen molar-refractivity contribution < 1.29 is 0 Å². The van der Waals surface area contributed by atoms with Gasteiger partial charge < -0.3 is 0 Å². The van der Waals surface area contributed by atoms with Gasteiger partial charge in [0.25, 0.3) is 0 Å². The van der Waals surface area contributed by atoms with Crippen molar-refractivity contribution in [3.05, 3.63) is 11.1 Å².